The second-order valence-corrected chi connectivity index (χ2v) is 9.27. The van der Waals surface area contributed by atoms with Gasteiger partial charge in [-0.2, -0.15) is 4.31 Å². The lowest BCUT2D eigenvalue weighted by Gasteiger charge is -2.34. The Morgan fingerprint density at radius 1 is 1.08 bits per heavy atom. The maximum Gasteiger partial charge on any atom is 0.265 e. The lowest BCUT2D eigenvalue weighted by Crippen LogP contribution is -2.48. The number of nitrogens with one attached hydrogen (secondary N) is 1. The summed E-state index contributed by atoms with van der Waals surface area (Å²) in [5, 5.41) is 1.81. The van der Waals surface area contributed by atoms with E-state index in [1.807, 2.05) is 5.01 Å². The van der Waals surface area contributed by atoms with Gasteiger partial charge in [-0.05, 0) is 42.5 Å². The molecule has 2 heterocycles. The highest BCUT2D eigenvalue weighted by molar-refractivity contribution is 7.89. The molecule has 0 spiro atoms. The van der Waals surface area contributed by atoms with E-state index in [1.165, 1.54) is 12.1 Å². The molecule has 2 aliphatic rings. The number of sulfonamides is 1. The van der Waals surface area contributed by atoms with Crippen LogP contribution < -0.4 is 5.43 Å². The van der Waals surface area contributed by atoms with Crippen LogP contribution in [0.5, 0.6) is 0 Å². The van der Waals surface area contributed by atoms with E-state index in [0.29, 0.717) is 56.8 Å². The van der Waals surface area contributed by atoms with Crippen LogP contribution in [-0.4, -0.2) is 63.0 Å². The highest BCUT2D eigenvalue weighted by Gasteiger charge is 2.31. The van der Waals surface area contributed by atoms with Gasteiger partial charge in [0.1, 0.15) is 0 Å². The van der Waals surface area contributed by atoms with Crippen LogP contribution >= 0.6 is 0 Å². The number of nitrogens with zero attached hydrogens (tertiary/aromatic N) is 2. The molecule has 1 aromatic rings. The summed E-state index contributed by atoms with van der Waals surface area (Å²) in [6, 6.07) is 6.18. The molecule has 8 heteroatoms. The topological polar surface area (TPSA) is 79.0 Å². The summed E-state index contributed by atoms with van der Waals surface area (Å²) in [6.45, 7) is 7.72. The molecule has 7 nitrogen and oxygen atoms in total. The largest absolute Gasteiger partial charge is 0.379 e. The first kappa shape index (κ1) is 19.3. The minimum atomic E-state index is -3.52. The molecule has 1 N–H and O–H groups in total. The molecule has 0 unspecified atom stereocenters. The van der Waals surface area contributed by atoms with Crippen molar-refractivity contribution in [3.63, 3.8) is 0 Å². The van der Waals surface area contributed by atoms with Gasteiger partial charge in [-0.15, -0.1) is 0 Å². The molecule has 144 valence electrons. The number of amides is 1. The molecule has 0 radical (unpaired) electrons. The Morgan fingerprint density at radius 3 is 2.23 bits per heavy atom. The zero-order chi connectivity index (χ0) is 18.7. The van der Waals surface area contributed by atoms with Crippen LogP contribution in [0.2, 0.25) is 0 Å². The maximum absolute atomic E-state index is 12.9. The Bertz CT molecular complexity index is 719. The third-order valence-corrected chi connectivity index (χ3v) is 6.71. The van der Waals surface area contributed by atoms with Crippen molar-refractivity contribution in [2.45, 2.75) is 25.2 Å². The molecule has 0 aromatic heterocycles. The molecule has 1 amide bonds. The van der Waals surface area contributed by atoms with Crippen LogP contribution in [-0.2, 0) is 14.8 Å². The Morgan fingerprint density at radius 2 is 1.65 bits per heavy atom. The van der Waals surface area contributed by atoms with Gasteiger partial charge in [0.2, 0.25) is 10.0 Å². The zero-order valence-corrected chi connectivity index (χ0v) is 16.2. The second-order valence-electron chi connectivity index (χ2n) is 7.33. The van der Waals surface area contributed by atoms with E-state index < -0.39 is 10.0 Å². The number of benzene rings is 1. The van der Waals surface area contributed by atoms with Gasteiger partial charge >= 0.3 is 0 Å². The first-order valence-corrected chi connectivity index (χ1v) is 10.5. The van der Waals surface area contributed by atoms with Crippen LogP contribution in [0.15, 0.2) is 29.2 Å². The molecule has 0 aliphatic carbocycles. The summed E-state index contributed by atoms with van der Waals surface area (Å²) in [7, 11) is -3.52. The summed E-state index contributed by atoms with van der Waals surface area (Å²) in [6.07, 6.45) is 1.05. The first-order valence-electron chi connectivity index (χ1n) is 9.10. The summed E-state index contributed by atoms with van der Waals surface area (Å²) in [4.78, 5) is 12.5. The lowest BCUT2D eigenvalue weighted by atomic mass is 9.94. The minimum absolute atomic E-state index is 0.238. The molecular formula is C18H27N3O4S. The smallest absolute Gasteiger partial charge is 0.265 e. The van der Waals surface area contributed by atoms with Gasteiger partial charge in [0.15, 0.2) is 0 Å². The van der Waals surface area contributed by atoms with Crippen molar-refractivity contribution < 1.29 is 17.9 Å². The number of hydrazine groups is 1. The predicted molar refractivity (Wildman–Crippen MR) is 98.0 cm³/mol. The molecule has 2 atom stereocenters. The molecule has 1 aromatic carbocycles. The third kappa shape index (κ3) is 4.43. The van der Waals surface area contributed by atoms with E-state index in [0.717, 1.165) is 6.42 Å². The van der Waals surface area contributed by atoms with Gasteiger partial charge in [0.25, 0.3) is 5.91 Å². The van der Waals surface area contributed by atoms with Crippen LogP contribution in [0.4, 0.5) is 0 Å². The number of rotatable bonds is 4. The van der Waals surface area contributed by atoms with E-state index in [2.05, 4.69) is 19.3 Å². The summed E-state index contributed by atoms with van der Waals surface area (Å²) in [5.41, 5.74) is 3.26. The van der Waals surface area contributed by atoms with Gasteiger partial charge in [-0.1, -0.05) is 13.8 Å². The minimum Gasteiger partial charge on any atom is -0.379 e. The molecule has 3 rings (SSSR count). The SMILES string of the molecule is C[C@@H]1C[C@@H](C)CN(S(=O)(=O)c2ccc(C(=O)NN3CCOCC3)cc2)C1. The van der Waals surface area contributed by atoms with E-state index in [-0.39, 0.29) is 10.8 Å². The Kier molecular flexibility index (Phi) is 5.96. The van der Waals surface area contributed by atoms with E-state index in [9.17, 15) is 13.2 Å². The van der Waals surface area contributed by atoms with Crippen molar-refractivity contribution in [3.05, 3.63) is 29.8 Å². The van der Waals surface area contributed by atoms with Crippen LogP contribution in [0, 0.1) is 11.8 Å². The molecule has 2 fully saturated rings. The number of piperidine rings is 1. The Balaban J connectivity index is 1.69. The average Bonchev–Trinajstić information content (AvgIpc) is 2.62. The van der Waals surface area contributed by atoms with Crippen molar-refractivity contribution in [3.8, 4) is 0 Å². The average molecular weight is 381 g/mol. The van der Waals surface area contributed by atoms with Gasteiger partial charge in [-0.3, -0.25) is 10.2 Å². The van der Waals surface area contributed by atoms with Crippen molar-refractivity contribution in [1.82, 2.24) is 14.7 Å². The number of morpholine rings is 1. The fourth-order valence-corrected chi connectivity index (χ4v) is 5.29. The number of hydrogen-bond donors (Lipinski definition) is 1. The van der Waals surface area contributed by atoms with Gasteiger partial charge < -0.3 is 4.74 Å². The molecule has 2 saturated heterocycles. The quantitative estimate of drug-likeness (QED) is 0.851. The summed E-state index contributed by atoms with van der Waals surface area (Å²) < 4.78 is 32.6. The van der Waals surface area contributed by atoms with Crippen molar-refractivity contribution in [1.29, 1.82) is 0 Å². The van der Waals surface area contributed by atoms with E-state index >= 15 is 0 Å². The number of carbonyl (C=O) groups excluding carboxylic acids is 1. The van der Waals surface area contributed by atoms with Crippen molar-refractivity contribution >= 4 is 15.9 Å². The van der Waals surface area contributed by atoms with Gasteiger partial charge in [0.05, 0.1) is 18.1 Å². The first-order chi connectivity index (χ1) is 12.4. The fourth-order valence-electron chi connectivity index (χ4n) is 3.61. The number of hydrogen-bond acceptors (Lipinski definition) is 5. The zero-order valence-electron chi connectivity index (χ0n) is 15.3. The Hall–Kier alpha value is -1.48. The van der Waals surface area contributed by atoms with Crippen LogP contribution in [0.3, 0.4) is 0 Å². The molecular weight excluding hydrogens is 354 g/mol. The highest BCUT2D eigenvalue weighted by atomic mass is 32.2. The molecule has 0 saturated carbocycles. The Labute approximate surface area is 155 Å². The van der Waals surface area contributed by atoms with Crippen LogP contribution in [0.1, 0.15) is 30.6 Å². The van der Waals surface area contributed by atoms with Gasteiger partial charge in [0, 0.05) is 31.7 Å². The summed E-state index contributed by atoms with van der Waals surface area (Å²) in [5.74, 6) is 0.468. The normalized spacial score (nSPS) is 25.8. The second kappa shape index (κ2) is 8.04. The maximum atomic E-state index is 12.9. The van der Waals surface area contributed by atoms with Gasteiger partial charge in [-0.25, -0.2) is 13.4 Å². The lowest BCUT2D eigenvalue weighted by molar-refractivity contribution is 0.0126. The van der Waals surface area contributed by atoms with E-state index in [4.69, 9.17) is 4.74 Å². The predicted octanol–water partition coefficient (Wildman–Crippen LogP) is 1.33. The monoisotopic (exact) mass is 381 g/mol. The standard InChI is InChI=1S/C18H27N3O4S/c1-14-11-15(2)13-21(12-14)26(23,24)17-5-3-16(4-6-17)18(22)19-20-7-9-25-10-8-20/h3-6,14-15H,7-13H2,1-2H3,(H,19,22)/t14-,15-/m1/s1. The fraction of sp³-hybridized carbons (Fsp3) is 0.611. The highest BCUT2D eigenvalue weighted by Crippen LogP contribution is 2.26. The van der Waals surface area contributed by atoms with E-state index in [1.54, 1.807) is 16.4 Å². The molecule has 2 aliphatic heterocycles. The summed E-state index contributed by atoms with van der Waals surface area (Å²) >= 11 is 0. The molecule has 26 heavy (non-hydrogen) atoms. The number of carbonyl (C=O) groups is 1. The van der Waals surface area contributed by atoms with Crippen molar-refractivity contribution in [2.24, 2.45) is 11.8 Å². The third-order valence-electron chi connectivity index (χ3n) is 4.86. The van der Waals surface area contributed by atoms with Crippen molar-refractivity contribution in [2.75, 3.05) is 39.4 Å². The van der Waals surface area contributed by atoms with Crippen LogP contribution in [0.25, 0.3) is 0 Å². The number of ether oxygens (including phenoxy) is 1. The molecule has 0 bridgehead atoms.